The lowest BCUT2D eigenvalue weighted by atomic mass is 9.95. The summed E-state index contributed by atoms with van der Waals surface area (Å²) < 4.78 is 41.3. The summed E-state index contributed by atoms with van der Waals surface area (Å²) in [7, 11) is 5.92. The summed E-state index contributed by atoms with van der Waals surface area (Å²) in [5, 5.41) is 4.86. The Labute approximate surface area is 268 Å². The highest BCUT2D eigenvalue weighted by molar-refractivity contribution is 6.31. The van der Waals surface area contributed by atoms with E-state index in [2.05, 4.69) is 50.3 Å². The molecule has 246 valence electrons. The number of amides is 1. The molecule has 1 aromatic heterocycles. The first-order valence-electron chi connectivity index (χ1n) is 15.2. The van der Waals surface area contributed by atoms with Crippen LogP contribution in [0, 0.1) is 12.8 Å². The summed E-state index contributed by atoms with van der Waals surface area (Å²) >= 11 is 5.90. The van der Waals surface area contributed by atoms with Gasteiger partial charge in [-0.15, -0.1) is 0 Å². The molecule has 0 aliphatic heterocycles. The third-order valence-electron chi connectivity index (χ3n) is 6.76. The smallest absolute Gasteiger partial charge is 0.209 e. The molecule has 0 fully saturated rings. The van der Waals surface area contributed by atoms with Crippen LogP contribution in [0.3, 0.4) is 0 Å². The van der Waals surface area contributed by atoms with E-state index in [4.69, 9.17) is 11.6 Å². The van der Waals surface area contributed by atoms with Gasteiger partial charge in [0.15, 0.2) is 5.83 Å². The van der Waals surface area contributed by atoms with Crippen LogP contribution >= 0.6 is 11.6 Å². The highest BCUT2D eigenvalue weighted by Gasteiger charge is 2.19. The van der Waals surface area contributed by atoms with Crippen molar-refractivity contribution in [3.05, 3.63) is 88.5 Å². The zero-order valence-corrected chi connectivity index (χ0v) is 28.6. The molecular formula is C35H52ClF3N4O. The number of rotatable bonds is 15. The van der Waals surface area contributed by atoms with Crippen LogP contribution in [0.25, 0.3) is 5.70 Å². The van der Waals surface area contributed by atoms with Gasteiger partial charge in [-0.2, -0.15) is 9.49 Å². The maximum Gasteiger partial charge on any atom is 0.209 e. The Morgan fingerprint density at radius 3 is 2.32 bits per heavy atom. The zero-order valence-electron chi connectivity index (χ0n) is 27.8. The van der Waals surface area contributed by atoms with Gasteiger partial charge >= 0.3 is 0 Å². The second-order valence-corrected chi connectivity index (χ2v) is 11.4. The van der Waals surface area contributed by atoms with Crippen LogP contribution in [0.5, 0.6) is 0 Å². The van der Waals surface area contributed by atoms with Crippen molar-refractivity contribution in [3.8, 4) is 0 Å². The van der Waals surface area contributed by atoms with Gasteiger partial charge in [0.25, 0.3) is 0 Å². The average Bonchev–Trinajstić information content (AvgIpc) is 3.27. The van der Waals surface area contributed by atoms with Crippen molar-refractivity contribution >= 4 is 23.7 Å². The van der Waals surface area contributed by atoms with E-state index in [0.717, 1.165) is 49.6 Å². The largest absolute Gasteiger partial charge is 0.348 e. The number of aryl methyl sites for hydroxylation is 1. The Bertz CT molecular complexity index is 1210. The molecule has 0 saturated heterocycles. The lowest BCUT2D eigenvalue weighted by Gasteiger charge is -2.19. The van der Waals surface area contributed by atoms with E-state index >= 15 is 0 Å². The van der Waals surface area contributed by atoms with E-state index in [1.54, 1.807) is 34.9 Å². The van der Waals surface area contributed by atoms with Gasteiger partial charge in [0, 0.05) is 36.3 Å². The monoisotopic (exact) mass is 636 g/mol. The summed E-state index contributed by atoms with van der Waals surface area (Å²) in [6.45, 7) is 14.9. The number of hydrogen-bond donors (Lipinski definition) is 0. The van der Waals surface area contributed by atoms with Crippen LogP contribution in [0.2, 0.25) is 0 Å². The molecule has 0 saturated carbocycles. The number of allylic oxidation sites excluding steroid dienone is 10. The van der Waals surface area contributed by atoms with E-state index in [9.17, 15) is 18.0 Å². The number of alkyl halides is 1. The van der Waals surface area contributed by atoms with Crippen LogP contribution in [-0.2, 0) is 4.79 Å². The van der Waals surface area contributed by atoms with Crippen molar-refractivity contribution in [1.82, 2.24) is 19.6 Å². The molecule has 0 spiro atoms. The Hall–Kier alpha value is -3.06. The number of aromatic nitrogens is 2. The van der Waals surface area contributed by atoms with Crippen LogP contribution < -0.4 is 0 Å². The number of halogens is 4. The molecule has 0 N–H and O–H groups in total. The normalized spacial score (nSPS) is 14.6. The molecule has 1 heterocycles. The predicted molar refractivity (Wildman–Crippen MR) is 181 cm³/mol. The van der Waals surface area contributed by atoms with Gasteiger partial charge in [-0.05, 0) is 95.1 Å². The number of carbonyl (C=O) groups excluding carboxylic acids is 1. The first-order valence-corrected chi connectivity index (χ1v) is 15.6. The van der Waals surface area contributed by atoms with Crippen LogP contribution in [-0.4, -0.2) is 66.9 Å². The van der Waals surface area contributed by atoms with Crippen molar-refractivity contribution in [2.24, 2.45) is 5.92 Å². The molecule has 0 bridgehead atoms. The first-order chi connectivity index (χ1) is 20.9. The van der Waals surface area contributed by atoms with E-state index in [1.807, 2.05) is 26.8 Å². The van der Waals surface area contributed by atoms with Gasteiger partial charge in [0.2, 0.25) is 6.41 Å². The molecule has 9 heteroatoms. The topological polar surface area (TPSA) is 41.4 Å². The highest BCUT2D eigenvalue weighted by Crippen LogP contribution is 2.28. The molecule has 0 radical (unpaired) electrons. The average molecular weight is 637 g/mol. The molecule has 1 unspecified atom stereocenters. The molecular weight excluding hydrogens is 585 g/mol. The lowest BCUT2D eigenvalue weighted by molar-refractivity contribution is -0.117. The second-order valence-electron chi connectivity index (χ2n) is 10.9. The fraction of sp³-hybridized carbons (Fsp3) is 0.514. The fourth-order valence-electron chi connectivity index (χ4n) is 4.39. The molecule has 1 aromatic rings. The molecule has 2 rings (SSSR count). The van der Waals surface area contributed by atoms with Crippen molar-refractivity contribution in [2.75, 3.05) is 40.9 Å². The van der Waals surface area contributed by atoms with Crippen molar-refractivity contribution in [2.45, 2.75) is 72.6 Å². The Kier molecular flexibility index (Phi) is 21.7. The predicted octanol–water partition coefficient (Wildman–Crippen LogP) is 9.47. The van der Waals surface area contributed by atoms with Crippen molar-refractivity contribution in [3.63, 3.8) is 0 Å². The summed E-state index contributed by atoms with van der Waals surface area (Å²) in [6, 6.07) is 1.97. The third-order valence-corrected chi connectivity index (χ3v) is 7.04. The highest BCUT2D eigenvalue weighted by atomic mass is 35.5. The molecule has 5 nitrogen and oxygen atoms in total. The van der Waals surface area contributed by atoms with E-state index < -0.39 is 18.3 Å². The SMILES string of the molecule is C=C/C(Cl)=C\C=C(/CF)n1nc(C)cc1C(CC)CCN(C)C=O.CCCN(C)C.CCC[C@H](C)C1=CC=C=C(F)C=C1F. The quantitative estimate of drug-likeness (QED) is 0.109. The minimum absolute atomic E-state index is 0.125. The minimum atomic E-state index is -0.656. The van der Waals surface area contributed by atoms with Gasteiger partial charge in [0.1, 0.15) is 12.5 Å². The molecule has 44 heavy (non-hydrogen) atoms. The molecule has 1 aliphatic rings. The van der Waals surface area contributed by atoms with Gasteiger partial charge in [-0.3, -0.25) is 4.79 Å². The van der Waals surface area contributed by atoms with Crippen LogP contribution in [0.4, 0.5) is 13.2 Å². The summed E-state index contributed by atoms with van der Waals surface area (Å²) in [6.07, 6.45) is 14.3. The van der Waals surface area contributed by atoms with Crippen molar-refractivity contribution < 1.29 is 18.0 Å². The first kappa shape index (κ1) is 40.9. The number of carbonyl (C=O) groups is 1. The molecule has 2 atom stereocenters. The van der Waals surface area contributed by atoms with E-state index in [0.29, 0.717) is 22.8 Å². The number of nitrogens with zero attached hydrogens (tertiary/aromatic N) is 4. The molecule has 0 aromatic carbocycles. The minimum Gasteiger partial charge on any atom is -0.348 e. The van der Waals surface area contributed by atoms with Crippen molar-refractivity contribution in [1.29, 1.82) is 0 Å². The standard InChI is InChI=1S/C18H25ClFN3O.C12H14F2.C5H13N/c1-5-15(9-10-22(4)13-24)18-11-14(3)21-23(18)17(12-20)8-7-16(19)6-2;1-3-5-9(2)11-7-4-6-10(13)8-12(11)14;1-4-5-6(2)3/h6-8,11,13,15H,2,5,9-10,12H2,1,3-4H3;4,7-9H,3,5H2,1-2H3;4-5H2,1-3H3/b16-7+,17-8+;;/t;9-;/m.0./s1. The Balaban J connectivity index is 0.000000773. The van der Waals surface area contributed by atoms with Crippen LogP contribution in [0.15, 0.2) is 77.1 Å². The Morgan fingerprint density at radius 2 is 1.82 bits per heavy atom. The summed E-state index contributed by atoms with van der Waals surface area (Å²) in [5.41, 5.74) is 5.08. The fourth-order valence-corrected chi connectivity index (χ4v) is 4.45. The van der Waals surface area contributed by atoms with Gasteiger partial charge in [0.05, 0.1) is 11.4 Å². The van der Waals surface area contributed by atoms with Crippen LogP contribution in [0.1, 0.15) is 77.1 Å². The van der Waals surface area contributed by atoms with E-state index in [1.165, 1.54) is 25.1 Å². The number of hydrogen-bond acceptors (Lipinski definition) is 3. The zero-order chi connectivity index (χ0) is 33.7. The summed E-state index contributed by atoms with van der Waals surface area (Å²) in [5.74, 6) is -0.829. The lowest BCUT2D eigenvalue weighted by Crippen LogP contribution is -2.20. The van der Waals surface area contributed by atoms with Gasteiger partial charge in [-0.25, -0.2) is 13.5 Å². The molecule has 1 aliphatic carbocycles. The third kappa shape index (κ3) is 16.1. The molecule has 1 amide bonds. The summed E-state index contributed by atoms with van der Waals surface area (Å²) in [4.78, 5) is 14.6. The van der Waals surface area contributed by atoms with E-state index in [-0.39, 0.29) is 11.8 Å². The van der Waals surface area contributed by atoms with Gasteiger partial charge in [-0.1, -0.05) is 64.1 Å². The van der Waals surface area contributed by atoms with Gasteiger partial charge < -0.3 is 9.80 Å². The maximum atomic E-state index is 13.5. The maximum absolute atomic E-state index is 13.5. The second kappa shape index (κ2) is 23.3. The Morgan fingerprint density at radius 1 is 1.14 bits per heavy atom.